The molecule has 1 N–H and O–H groups in total. The predicted molar refractivity (Wildman–Crippen MR) is 43.4 cm³/mol. The second kappa shape index (κ2) is 12.0. The maximum Gasteiger partial charge on any atom is 1.41 e. The van der Waals surface area contributed by atoms with Crippen molar-refractivity contribution in [1.29, 1.82) is 0 Å². The Morgan fingerprint density at radius 1 is 1.40 bits per heavy atom. The number of hydrogen-bond acceptors (Lipinski definition) is 1. The Balaban J connectivity index is 0. The first-order valence-electron chi connectivity index (χ1n) is 3.70. The summed E-state index contributed by atoms with van der Waals surface area (Å²) in [5, 5.41) is 10.2. The highest BCUT2D eigenvalue weighted by Gasteiger charge is 1.99. The molecule has 0 aliphatic rings. The molecule has 3 heteroatoms. The molecule has 2 nitrogen and oxygen atoms in total. The molecule has 0 bridgehead atoms. The average molecular weight is 156 g/mol. The maximum atomic E-state index is 9.87. The van der Waals surface area contributed by atoms with Crippen LogP contribution in [0, 0.1) is 0 Å². The lowest BCUT2D eigenvalue weighted by Crippen LogP contribution is -1.92. The molecule has 7 radical (unpaired) electrons. The zero-order chi connectivity index (χ0) is 8.41. The third-order valence-corrected chi connectivity index (χ3v) is 0.994. The first-order valence-corrected chi connectivity index (χ1v) is 5.11. The minimum Gasteiger partial charge on any atom is -0.481 e. The summed E-state index contributed by atoms with van der Waals surface area (Å²) >= 11 is 1.86. The summed E-state index contributed by atoms with van der Waals surface area (Å²) in [4.78, 5) is 9.87. The van der Waals surface area contributed by atoms with Crippen LogP contribution >= 0.6 is 0 Å². The van der Waals surface area contributed by atoms with Gasteiger partial charge < -0.3 is 5.11 Å². The minimum absolute atomic E-state index is 0.327. The average Bonchev–Trinajstić information content (AvgIpc) is 1.92. The van der Waals surface area contributed by atoms with Gasteiger partial charge in [-0.2, -0.15) is 0 Å². The highest BCUT2D eigenvalue weighted by molar-refractivity contribution is 6.05. The largest absolute Gasteiger partial charge is 1.41 e. The molecule has 0 aromatic rings. The van der Waals surface area contributed by atoms with Crippen LogP contribution in [0.3, 0.4) is 0 Å². The van der Waals surface area contributed by atoms with Crippen molar-refractivity contribution >= 4 is 27.7 Å². The summed E-state index contributed by atoms with van der Waals surface area (Å²) < 4.78 is 0. The number of hydrogen-bond donors (Lipinski definition) is 1. The lowest BCUT2D eigenvalue weighted by atomic mass is 10.2. The molecule has 0 saturated carbocycles. The highest BCUT2D eigenvalue weighted by Crippen LogP contribution is 1.97. The fraction of sp³-hybridized carbons (Fsp3) is 0.857. The van der Waals surface area contributed by atoms with E-state index in [-0.39, 0.29) is 0 Å². The molecule has 55 valence electrons. The van der Waals surface area contributed by atoms with Crippen molar-refractivity contribution in [3.05, 3.63) is 0 Å². The molecule has 0 aromatic heterocycles. The van der Waals surface area contributed by atoms with E-state index in [4.69, 9.17) is 5.11 Å². The second-order valence-electron chi connectivity index (χ2n) is 1.85. The Labute approximate surface area is 75.4 Å². The van der Waals surface area contributed by atoms with Crippen molar-refractivity contribution < 1.29 is 9.90 Å². The molecule has 0 unspecified atom stereocenters. The van der Waals surface area contributed by atoms with Gasteiger partial charge in [0.2, 0.25) is 0 Å². The van der Waals surface area contributed by atoms with E-state index in [1.807, 2.05) is 26.8 Å². The standard InChI is InChI=1S/C6H12O2.CH3.Mg/c1-2-3-4-5-6(7)8;;/h2-5H2,1H3,(H,7,8);1H3;/q;;+2. The van der Waals surface area contributed by atoms with Gasteiger partial charge in [0.05, 0.1) is 0 Å². The third kappa shape index (κ3) is 15.7. The Morgan fingerprint density at radius 2 is 1.90 bits per heavy atom. The van der Waals surface area contributed by atoms with Gasteiger partial charge in [0.1, 0.15) is 0 Å². The van der Waals surface area contributed by atoms with E-state index in [1.165, 1.54) is 0 Å². The molecule has 0 saturated heterocycles. The number of rotatable bonds is 4. The number of unbranched alkanes of at least 4 members (excludes halogenated alkanes) is 2. The number of carboxylic acids is 1. The van der Waals surface area contributed by atoms with E-state index >= 15 is 0 Å². The van der Waals surface area contributed by atoms with E-state index in [9.17, 15) is 4.79 Å². The lowest BCUT2D eigenvalue weighted by Gasteiger charge is -1.89. The van der Waals surface area contributed by atoms with Gasteiger partial charge in [0, 0.05) is 6.42 Å². The molecular formula is C7H15MgO2+2. The number of carboxylic acid groups (broad SMARTS) is 1. The smallest absolute Gasteiger partial charge is 0.481 e. The normalized spacial score (nSPS) is 7.90. The molecule has 0 atom stereocenters. The van der Waals surface area contributed by atoms with Crippen LogP contribution in [-0.4, -0.2) is 32.8 Å². The van der Waals surface area contributed by atoms with Crippen molar-refractivity contribution in [3.63, 3.8) is 0 Å². The van der Waals surface area contributed by atoms with Crippen LogP contribution in [0.4, 0.5) is 0 Å². The summed E-state index contributed by atoms with van der Waals surface area (Å²) in [7, 11) is 0. The molecule has 0 aliphatic carbocycles. The van der Waals surface area contributed by atoms with Crippen molar-refractivity contribution in [2.45, 2.75) is 37.7 Å². The topological polar surface area (TPSA) is 37.3 Å². The van der Waals surface area contributed by atoms with Crippen molar-refractivity contribution in [3.8, 4) is 0 Å². The van der Waals surface area contributed by atoms with Gasteiger partial charge in [-0.1, -0.05) is 19.8 Å². The SMILES string of the molecule is CCCCCC(=O)O.[CH3][Mg+2]. The van der Waals surface area contributed by atoms with E-state index in [0.717, 1.165) is 19.3 Å². The van der Waals surface area contributed by atoms with Crippen LogP contribution in [0.25, 0.3) is 0 Å². The predicted octanol–water partition coefficient (Wildman–Crippen LogP) is 1.85. The third-order valence-electron chi connectivity index (χ3n) is 0.994. The van der Waals surface area contributed by atoms with Gasteiger partial charge in [-0.05, 0) is 6.42 Å². The Morgan fingerprint density at radius 3 is 2.20 bits per heavy atom. The van der Waals surface area contributed by atoms with Crippen LogP contribution in [0.1, 0.15) is 32.6 Å². The molecule has 0 amide bonds. The van der Waals surface area contributed by atoms with Crippen LogP contribution in [-0.2, 0) is 4.79 Å². The van der Waals surface area contributed by atoms with Gasteiger partial charge in [0.15, 0.2) is 0 Å². The Hall–Kier alpha value is 0.236. The molecule has 0 aromatic carbocycles. The fourth-order valence-electron chi connectivity index (χ4n) is 0.526. The molecule has 0 heterocycles. The fourth-order valence-corrected chi connectivity index (χ4v) is 0.526. The minimum atomic E-state index is -0.682. The van der Waals surface area contributed by atoms with Gasteiger partial charge in [-0.25, -0.2) is 0 Å². The lowest BCUT2D eigenvalue weighted by molar-refractivity contribution is -0.137. The monoisotopic (exact) mass is 155 g/mol. The summed E-state index contributed by atoms with van der Waals surface area (Å²) in [6, 6.07) is 0. The zero-order valence-corrected chi connectivity index (χ0v) is 8.31. The maximum absolute atomic E-state index is 9.87. The summed E-state index contributed by atoms with van der Waals surface area (Å²) in [6.07, 6.45) is 3.28. The molecular weight excluding hydrogens is 140 g/mol. The first kappa shape index (κ1) is 12.9. The van der Waals surface area contributed by atoms with E-state index < -0.39 is 5.97 Å². The summed E-state index contributed by atoms with van der Waals surface area (Å²) in [6.45, 7) is 2.06. The summed E-state index contributed by atoms with van der Waals surface area (Å²) in [5.41, 5.74) is 0. The summed E-state index contributed by atoms with van der Waals surface area (Å²) in [5.74, 6) is -0.682. The van der Waals surface area contributed by atoms with Crippen molar-refractivity contribution in [2.75, 3.05) is 0 Å². The molecule has 0 spiro atoms. The molecule has 0 aliphatic heterocycles. The Kier molecular flexibility index (Phi) is 15.4. The van der Waals surface area contributed by atoms with Gasteiger partial charge in [-0.3, -0.25) is 4.79 Å². The zero-order valence-electron chi connectivity index (χ0n) is 6.89. The van der Waals surface area contributed by atoms with E-state index in [0.29, 0.717) is 6.42 Å². The van der Waals surface area contributed by atoms with Crippen LogP contribution in [0.5, 0.6) is 0 Å². The first-order chi connectivity index (χ1) is 4.77. The molecule has 0 rings (SSSR count). The van der Waals surface area contributed by atoms with Crippen molar-refractivity contribution in [1.82, 2.24) is 0 Å². The number of carbonyl (C=O) groups is 1. The second-order valence-corrected chi connectivity index (χ2v) is 1.85. The van der Waals surface area contributed by atoms with Gasteiger partial charge in [0.25, 0.3) is 5.05 Å². The van der Waals surface area contributed by atoms with E-state index in [1.54, 1.807) is 0 Å². The molecule has 0 fully saturated rings. The van der Waals surface area contributed by atoms with Crippen LogP contribution in [0.15, 0.2) is 0 Å². The Bertz CT molecular complexity index is 74.0. The van der Waals surface area contributed by atoms with Gasteiger partial charge in [-0.15, -0.1) is 0 Å². The highest BCUT2D eigenvalue weighted by atomic mass is 24.4. The van der Waals surface area contributed by atoms with Crippen LogP contribution in [0.2, 0.25) is 5.05 Å². The van der Waals surface area contributed by atoms with Crippen molar-refractivity contribution in [2.24, 2.45) is 0 Å². The van der Waals surface area contributed by atoms with E-state index in [2.05, 4.69) is 6.92 Å². The van der Waals surface area contributed by atoms with Gasteiger partial charge >= 0.3 is 27.7 Å². The number of aliphatic carboxylic acids is 1. The quantitative estimate of drug-likeness (QED) is 0.497. The van der Waals surface area contributed by atoms with Crippen LogP contribution < -0.4 is 0 Å². The molecule has 10 heavy (non-hydrogen) atoms.